The molecule has 0 unspecified atom stereocenters. The number of aliphatic hydroxyl groups excluding tert-OH is 1. The van der Waals surface area contributed by atoms with Crippen molar-refractivity contribution in [3.05, 3.63) is 33.8 Å². The van der Waals surface area contributed by atoms with E-state index in [1.165, 1.54) is 0 Å². The Kier molecular flexibility index (Phi) is 6.34. The van der Waals surface area contributed by atoms with Gasteiger partial charge < -0.3 is 10.8 Å². The summed E-state index contributed by atoms with van der Waals surface area (Å²) in [7, 11) is 0. The molecule has 0 aromatic heterocycles. The van der Waals surface area contributed by atoms with E-state index in [-0.39, 0.29) is 16.9 Å². The van der Waals surface area contributed by atoms with E-state index in [2.05, 4.69) is 15.9 Å². The van der Waals surface area contributed by atoms with Crippen molar-refractivity contribution in [1.29, 1.82) is 0 Å². The maximum Gasteiger partial charge on any atom is 0.416 e. The van der Waals surface area contributed by atoms with Crippen LogP contribution in [0.5, 0.6) is 0 Å². The molecular formula is C10H9BrClF6NO. The Balaban J connectivity index is 0.00000361. The molecule has 3 N–H and O–H groups in total. The molecule has 116 valence electrons. The van der Waals surface area contributed by atoms with E-state index in [9.17, 15) is 26.3 Å². The zero-order chi connectivity index (χ0) is 15.0. The molecule has 0 spiro atoms. The standard InChI is InChI=1S/C10H8BrF6NO.ClH/c11-6-2-1-4(9(12,13)14)3-5(6)7(18)8(19)10(15,16)17;/h1-3,7-8,19H,18H2;1H/t7-,8-;/m1./s1. The predicted octanol–water partition coefficient (Wildman–Crippen LogP) is 3.81. The van der Waals surface area contributed by atoms with Crippen LogP contribution in [0, 0.1) is 0 Å². The van der Waals surface area contributed by atoms with Gasteiger partial charge in [-0.3, -0.25) is 0 Å². The van der Waals surface area contributed by atoms with Crippen molar-refractivity contribution in [2.24, 2.45) is 5.73 Å². The monoisotopic (exact) mass is 387 g/mol. The molecule has 0 aliphatic heterocycles. The fourth-order valence-corrected chi connectivity index (χ4v) is 1.86. The van der Waals surface area contributed by atoms with Gasteiger partial charge in [0.25, 0.3) is 0 Å². The molecule has 10 heteroatoms. The summed E-state index contributed by atoms with van der Waals surface area (Å²) in [5.74, 6) is 0. The summed E-state index contributed by atoms with van der Waals surface area (Å²) < 4.78 is 74.2. The number of alkyl halides is 6. The molecule has 0 aliphatic carbocycles. The Hall–Kier alpha value is -0.510. The van der Waals surface area contributed by atoms with Gasteiger partial charge in [-0.05, 0) is 23.8 Å². The first-order chi connectivity index (χ1) is 8.44. The van der Waals surface area contributed by atoms with Crippen LogP contribution in [-0.2, 0) is 6.18 Å². The Bertz CT molecular complexity index is 464. The molecule has 0 bridgehead atoms. The molecule has 20 heavy (non-hydrogen) atoms. The van der Waals surface area contributed by atoms with Crippen molar-refractivity contribution in [3.63, 3.8) is 0 Å². The first-order valence-corrected chi connectivity index (χ1v) is 5.61. The van der Waals surface area contributed by atoms with E-state index in [0.717, 1.165) is 6.07 Å². The minimum absolute atomic E-state index is 0. The average molecular weight is 389 g/mol. The van der Waals surface area contributed by atoms with Gasteiger partial charge in [0, 0.05) is 4.47 Å². The van der Waals surface area contributed by atoms with Crippen LogP contribution in [0.1, 0.15) is 17.2 Å². The van der Waals surface area contributed by atoms with Crippen LogP contribution in [0.2, 0.25) is 0 Å². The van der Waals surface area contributed by atoms with E-state index in [1.54, 1.807) is 0 Å². The first-order valence-electron chi connectivity index (χ1n) is 4.81. The maximum absolute atomic E-state index is 12.5. The highest BCUT2D eigenvalue weighted by molar-refractivity contribution is 9.10. The van der Waals surface area contributed by atoms with E-state index < -0.39 is 35.6 Å². The number of hydrogen-bond donors (Lipinski definition) is 2. The summed E-state index contributed by atoms with van der Waals surface area (Å²) in [4.78, 5) is 0. The third kappa shape index (κ3) is 4.51. The van der Waals surface area contributed by atoms with Crippen molar-refractivity contribution in [2.75, 3.05) is 0 Å². The number of rotatable bonds is 2. The Morgan fingerprint density at radius 2 is 1.60 bits per heavy atom. The molecule has 0 radical (unpaired) electrons. The van der Waals surface area contributed by atoms with Crippen LogP contribution < -0.4 is 5.73 Å². The molecule has 2 atom stereocenters. The lowest BCUT2D eigenvalue weighted by molar-refractivity contribution is -0.210. The number of benzene rings is 1. The van der Waals surface area contributed by atoms with Crippen LogP contribution in [0.3, 0.4) is 0 Å². The third-order valence-corrected chi connectivity index (χ3v) is 3.08. The van der Waals surface area contributed by atoms with Crippen molar-refractivity contribution in [3.8, 4) is 0 Å². The largest absolute Gasteiger partial charge is 0.416 e. The smallest absolute Gasteiger partial charge is 0.382 e. The van der Waals surface area contributed by atoms with Gasteiger partial charge in [0.2, 0.25) is 0 Å². The lowest BCUT2D eigenvalue weighted by atomic mass is 9.99. The molecule has 0 saturated heterocycles. The Morgan fingerprint density at radius 3 is 2.00 bits per heavy atom. The van der Waals surface area contributed by atoms with E-state index >= 15 is 0 Å². The SMILES string of the molecule is Cl.N[C@H](c1cc(C(F)(F)F)ccc1Br)[C@@H](O)C(F)(F)F. The van der Waals surface area contributed by atoms with Crippen molar-refractivity contribution in [1.82, 2.24) is 0 Å². The van der Waals surface area contributed by atoms with Crippen molar-refractivity contribution < 1.29 is 31.4 Å². The summed E-state index contributed by atoms with van der Waals surface area (Å²) in [5.41, 5.74) is 3.55. The van der Waals surface area contributed by atoms with Gasteiger partial charge in [-0.1, -0.05) is 15.9 Å². The number of hydrogen-bond acceptors (Lipinski definition) is 2. The number of halogens is 8. The van der Waals surface area contributed by atoms with Gasteiger partial charge in [-0.2, -0.15) is 26.3 Å². The van der Waals surface area contributed by atoms with Crippen molar-refractivity contribution in [2.45, 2.75) is 24.5 Å². The van der Waals surface area contributed by atoms with Gasteiger partial charge in [0.15, 0.2) is 6.10 Å². The highest BCUT2D eigenvalue weighted by Crippen LogP contribution is 2.36. The fraction of sp³-hybridized carbons (Fsp3) is 0.400. The summed E-state index contributed by atoms with van der Waals surface area (Å²) in [5, 5.41) is 8.97. The predicted molar refractivity (Wildman–Crippen MR) is 65.4 cm³/mol. The minimum Gasteiger partial charge on any atom is -0.382 e. The number of nitrogens with two attached hydrogens (primary N) is 1. The zero-order valence-electron chi connectivity index (χ0n) is 9.47. The van der Waals surface area contributed by atoms with Gasteiger partial charge in [0.1, 0.15) is 0 Å². The molecule has 0 amide bonds. The van der Waals surface area contributed by atoms with Crippen LogP contribution >= 0.6 is 28.3 Å². The molecule has 0 heterocycles. The molecule has 0 fully saturated rings. The lowest BCUT2D eigenvalue weighted by Gasteiger charge is -2.23. The van der Waals surface area contributed by atoms with E-state index in [1.807, 2.05) is 0 Å². The van der Waals surface area contributed by atoms with Gasteiger partial charge in [0.05, 0.1) is 11.6 Å². The summed E-state index contributed by atoms with van der Waals surface area (Å²) in [6.45, 7) is 0. The lowest BCUT2D eigenvalue weighted by Crippen LogP contribution is -2.39. The number of aliphatic hydroxyl groups is 1. The second-order valence-corrected chi connectivity index (χ2v) is 4.60. The topological polar surface area (TPSA) is 46.2 Å². The maximum atomic E-state index is 12.5. The summed E-state index contributed by atoms with van der Waals surface area (Å²) in [6, 6.07) is 0.0853. The minimum atomic E-state index is -5.02. The molecule has 1 rings (SSSR count). The average Bonchev–Trinajstić information content (AvgIpc) is 2.25. The fourth-order valence-electron chi connectivity index (χ4n) is 1.35. The van der Waals surface area contributed by atoms with Crippen LogP contribution in [0.15, 0.2) is 22.7 Å². The highest BCUT2D eigenvalue weighted by atomic mass is 79.9. The second kappa shape index (κ2) is 6.50. The molecule has 1 aromatic rings. The van der Waals surface area contributed by atoms with Gasteiger partial charge >= 0.3 is 12.4 Å². The van der Waals surface area contributed by atoms with Crippen LogP contribution in [-0.4, -0.2) is 17.4 Å². The van der Waals surface area contributed by atoms with Crippen LogP contribution in [0.25, 0.3) is 0 Å². The Labute approximate surface area is 124 Å². The van der Waals surface area contributed by atoms with E-state index in [0.29, 0.717) is 12.1 Å². The molecule has 1 aromatic carbocycles. The second-order valence-electron chi connectivity index (χ2n) is 3.75. The molecular weight excluding hydrogens is 379 g/mol. The molecule has 2 nitrogen and oxygen atoms in total. The summed E-state index contributed by atoms with van der Waals surface area (Å²) >= 11 is 2.81. The summed E-state index contributed by atoms with van der Waals surface area (Å²) in [6.07, 6.45) is -12.7. The normalized spacial score (nSPS) is 15.4. The first kappa shape index (κ1) is 19.5. The Morgan fingerprint density at radius 1 is 1.10 bits per heavy atom. The quantitative estimate of drug-likeness (QED) is 0.757. The van der Waals surface area contributed by atoms with Gasteiger partial charge in [-0.25, -0.2) is 0 Å². The molecule has 0 aliphatic rings. The zero-order valence-corrected chi connectivity index (χ0v) is 11.9. The van der Waals surface area contributed by atoms with Crippen molar-refractivity contribution >= 4 is 28.3 Å². The highest BCUT2D eigenvalue weighted by Gasteiger charge is 2.43. The van der Waals surface area contributed by atoms with Crippen LogP contribution in [0.4, 0.5) is 26.3 Å². The third-order valence-electron chi connectivity index (χ3n) is 2.36. The van der Waals surface area contributed by atoms with Gasteiger partial charge in [-0.15, -0.1) is 12.4 Å². The van der Waals surface area contributed by atoms with E-state index in [4.69, 9.17) is 10.8 Å². The molecule has 0 saturated carbocycles.